The van der Waals surface area contributed by atoms with E-state index >= 15 is 0 Å². The topological polar surface area (TPSA) is 15.5 Å². The SMILES string of the molecule is F[P-](F)(F)(F)(F)F.F[P-](F)(F)(F)(F)F.F[P-](F)(F)(F)(F)F.F[P-](F)(F)(F)(F)F.c1cc2cc(c1)-c1ccc(cc1)C[n+]1ccc(cc1)-c1cc[n+](cc1)Cc1ccc(cc1)-c1cccc(c1)-c1ccc(cc1)C[n+]1ccc(cc1)-c1cc[n+](cc1)Cc1ccc-2cc1. The molecule has 4 aromatic heterocycles. The van der Waals surface area contributed by atoms with Gasteiger partial charge in [-0.05, 0) is 78.9 Å². The molecule has 0 saturated heterocycles. The third-order valence-electron chi connectivity index (χ3n) is 12.6. The molecule has 13 aliphatic rings. The zero-order chi connectivity index (χ0) is 68.3. The molecule has 0 radical (unpaired) electrons. The van der Waals surface area contributed by atoms with Gasteiger partial charge in [-0.1, -0.05) is 133 Å². The van der Waals surface area contributed by atoms with E-state index in [4.69, 9.17) is 0 Å². The standard InChI is InChI=1S/C60H48N4.4F6P/c1-3-57-39-58(4-1)50-17-9-46(10-18-50)42-62-33-25-54(26-34-62)56-29-37-64(38-30-56)44-48-13-21-52(22-14-48)60-6-2-5-59(40-60)51-19-11-47(12-20-51)43-63-35-27-55(28-36-63)53-23-31-61(32-24-53)41-45-7-15-49(57)16-8-45;4*1-7(2,3,4,5)6/h1-40H,41-44H2;;;;/q+4;4*-1. The van der Waals surface area contributed by atoms with E-state index in [9.17, 15) is 101 Å². The number of hydrogen-bond donors (Lipinski definition) is 0. The van der Waals surface area contributed by atoms with Gasteiger partial charge in [0.1, 0.15) is 0 Å². The molecule has 92 heavy (non-hydrogen) atoms. The summed E-state index contributed by atoms with van der Waals surface area (Å²) in [5.74, 6) is 0. The van der Waals surface area contributed by atoms with Crippen molar-refractivity contribution < 1.29 is 119 Å². The van der Waals surface area contributed by atoms with E-state index < -0.39 is 31.2 Å². The Morgan fingerprint density at radius 1 is 0.174 bits per heavy atom. The number of benzene rings is 6. The van der Waals surface area contributed by atoms with Crippen LogP contribution in [0.4, 0.5) is 101 Å². The van der Waals surface area contributed by atoms with E-state index in [0.29, 0.717) is 0 Å². The first kappa shape index (κ1) is 71.4. The molecule has 32 heteroatoms. The normalized spacial score (nSPS) is 15.5. The van der Waals surface area contributed by atoms with Crippen molar-refractivity contribution in [3.05, 3.63) is 266 Å². The molecule has 0 fully saturated rings. The third-order valence-corrected chi connectivity index (χ3v) is 12.6. The first-order chi connectivity index (χ1) is 41.4. The first-order valence-corrected chi connectivity index (χ1v) is 34.3. The molecule has 23 rings (SSSR count). The number of hydrogen-bond acceptors (Lipinski definition) is 0. The monoisotopic (exact) mass is 1400 g/mol. The zero-order valence-electron chi connectivity index (χ0n) is 46.6. The van der Waals surface area contributed by atoms with Gasteiger partial charge in [0.05, 0.1) is 0 Å². The van der Waals surface area contributed by atoms with E-state index in [2.05, 4.69) is 262 Å². The van der Waals surface area contributed by atoms with E-state index in [1.54, 1.807) is 0 Å². The molecule has 496 valence electrons. The summed E-state index contributed by atoms with van der Waals surface area (Å²) in [7, 11) is -42.6. The van der Waals surface area contributed by atoms with Crippen molar-refractivity contribution in [2.45, 2.75) is 26.2 Å². The summed E-state index contributed by atoms with van der Waals surface area (Å²) in [5, 5.41) is 0. The van der Waals surface area contributed by atoms with Crippen LogP contribution < -0.4 is 18.3 Å². The minimum atomic E-state index is -10.7. The quantitative estimate of drug-likeness (QED) is 0.0817. The Bertz CT molecular complexity index is 3610. The second-order valence-corrected chi connectivity index (χ2v) is 28.5. The van der Waals surface area contributed by atoms with Crippen molar-refractivity contribution in [3.8, 4) is 66.8 Å². The fourth-order valence-corrected chi connectivity index (χ4v) is 8.83. The molecule has 0 unspecified atom stereocenters. The predicted molar refractivity (Wildman–Crippen MR) is 310 cm³/mol. The van der Waals surface area contributed by atoms with Gasteiger partial charge in [-0.3, -0.25) is 0 Å². The van der Waals surface area contributed by atoms with Crippen LogP contribution in [0.5, 0.6) is 0 Å². The van der Waals surface area contributed by atoms with E-state index in [0.717, 1.165) is 26.2 Å². The zero-order valence-corrected chi connectivity index (χ0v) is 50.1. The van der Waals surface area contributed by atoms with Gasteiger partial charge in [0.15, 0.2) is 75.8 Å². The average molecular weight is 1400 g/mol. The molecular weight excluding hydrogens is 1360 g/mol. The van der Waals surface area contributed by atoms with Crippen LogP contribution in [0.15, 0.2) is 244 Å². The number of aromatic nitrogens is 4. The Labute approximate surface area is 507 Å². The Morgan fingerprint density at radius 2 is 0.304 bits per heavy atom. The molecule has 4 nitrogen and oxygen atoms in total. The number of pyridine rings is 4. The van der Waals surface area contributed by atoms with Crippen LogP contribution in [0.3, 0.4) is 0 Å². The fourth-order valence-electron chi connectivity index (χ4n) is 8.83. The van der Waals surface area contributed by atoms with Crippen molar-refractivity contribution in [2.24, 2.45) is 0 Å². The Morgan fingerprint density at radius 3 is 0.446 bits per heavy atom. The predicted octanol–water partition coefficient (Wildman–Crippen LogP) is 24.9. The molecular formula is C60H48F24N4P4. The molecule has 10 aromatic rings. The summed E-state index contributed by atoms with van der Waals surface area (Å²) in [4.78, 5) is 0. The largest absolute Gasteiger partial charge is 0.201 e. The van der Waals surface area contributed by atoms with Crippen molar-refractivity contribution in [1.82, 2.24) is 0 Å². The van der Waals surface area contributed by atoms with Gasteiger partial charge < -0.3 is 0 Å². The molecule has 0 amide bonds. The molecule has 0 aliphatic carbocycles. The molecule has 0 saturated carbocycles. The van der Waals surface area contributed by atoms with Gasteiger partial charge >= 0.3 is 132 Å². The molecule has 13 aliphatic heterocycles. The van der Waals surface area contributed by atoms with E-state index in [1.165, 1.54) is 89.0 Å². The van der Waals surface area contributed by atoms with Crippen molar-refractivity contribution in [1.29, 1.82) is 0 Å². The third kappa shape index (κ3) is 30.9. The van der Waals surface area contributed by atoms with Crippen LogP contribution >= 0.6 is 31.2 Å². The molecule has 6 aromatic carbocycles. The van der Waals surface area contributed by atoms with Crippen molar-refractivity contribution >= 4 is 31.2 Å². The van der Waals surface area contributed by atoms with Crippen molar-refractivity contribution in [2.75, 3.05) is 0 Å². The van der Waals surface area contributed by atoms with Crippen LogP contribution in [0.1, 0.15) is 22.3 Å². The average Bonchev–Trinajstić information content (AvgIpc) is 0.899. The minimum absolute atomic E-state index is 0.815. The molecule has 0 atom stereocenters. The summed E-state index contributed by atoms with van der Waals surface area (Å²) >= 11 is 0. The molecule has 0 spiro atoms. The van der Waals surface area contributed by atoms with Crippen LogP contribution in [0.2, 0.25) is 0 Å². The summed E-state index contributed by atoms with van der Waals surface area (Å²) in [6.07, 6.45) is 17.4. The second-order valence-electron chi connectivity index (χ2n) is 20.8. The molecule has 20 bridgehead atoms. The van der Waals surface area contributed by atoms with Crippen molar-refractivity contribution in [3.63, 3.8) is 0 Å². The Kier molecular flexibility index (Phi) is 17.8. The minimum Gasteiger partial charge on any atom is -0.201 e. The summed E-state index contributed by atoms with van der Waals surface area (Å²) in [6, 6.07) is 71.3. The van der Waals surface area contributed by atoms with Crippen LogP contribution in [0, 0.1) is 0 Å². The Balaban J connectivity index is 0.000000358. The van der Waals surface area contributed by atoms with Gasteiger partial charge in [0, 0.05) is 70.8 Å². The first-order valence-electron chi connectivity index (χ1n) is 26.2. The van der Waals surface area contributed by atoms with E-state index in [1.807, 2.05) is 0 Å². The summed E-state index contributed by atoms with van der Waals surface area (Å²) < 4.78 is 246. The van der Waals surface area contributed by atoms with Gasteiger partial charge in [-0.25, -0.2) is 18.3 Å². The molecule has 17 heterocycles. The molecule has 0 N–H and O–H groups in total. The van der Waals surface area contributed by atoms with Gasteiger partial charge in [-0.15, -0.1) is 0 Å². The van der Waals surface area contributed by atoms with Crippen LogP contribution in [0.25, 0.3) is 66.8 Å². The van der Waals surface area contributed by atoms with Gasteiger partial charge in [0.25, 0.3) is 0 Å². The van der Waals surface area contributed by atoms with Crippen LogP contribution in [-0.4, -0.2) is 0 Å². The second kappa shape index (κ2) is 22.9. The maximum atomic E-state index is 9.87. The summed E-state index contributed by atoms with van der Waals surface area (Å²) in [5.41, 5.74) is 19.7. The maximum Gasteiger partial charge on any atom is 0.173 e. The fraction of sp³-hybridized carbons (Fsp3) is 0.0667. The number of nitrogens with zero attached hydrogens (tertiary/aromatic N) is 4. The smallest absolute Gasteiger partial charge is 0.173 e. The summed E-state index contributed by atoms with van der Waals surface area (Å²) in [6.45, 7) is 3.26. The maximum absolute atomic E-state index is 10.7. The van der Waals surface area contributed by atoms with Gasteiger partial charge in [-0.2, -0.15) is 0 Å². The number of rotatable bonds is 0. The Hall–Kier alpha value is -8.04. The van der Waals surface area contributed by atoms with E-state index in [-0.39, 0.29) is 0 Å². The van der Waals surface area contributed by atoms with Gasteiger partial charge in [0.2, 0.25) is 0 Å². The number of halogens is 24. The van der Waals surface area contributed by atoms with Crippen LogP contribution in [-0.2, 0) is 26.2 Å².